The molecule has 19 heavy (non-hydrogen) atoms. The summed E-state index contributed by atoms with van der Waals surface area (Å²) in [4.78, 5) is 0. The van der Waals surface area contributed by atoms with Crippen LogP contribution in [0.15, 0.2) is 22.7 Å². The fourth-order valence-corrected chi connectivity index (χ4v) is 2.63. The van der Waals surface area contributed by atoms with E-state index in [0.29, 0.717) is 5.75 Å². The van der Waals surface area contributed by atoms with Gasteiger partial charge in [-0.15, -0.1) is 0 Å². The maximum absolute atomic E-state index is 11.3. The van der Waals surface area contributed by atoms with Crippen LogP contribution in [-0.2, 0) is 16.4 Å². The van der Waals surface area contributed by atoms with Crippen molar-refractivity contribution in [3.63, 3.8) is 0 Å². The molecule has 0 unspecified atom stereocenters. The summed E-state index contributed by atoms with van der Waals surface area (Å²) in [5.41, 5.74) is 1.15. The first-order valence-electron chi connectivity index (χ1n) is 6.31. The molecule has 0 aliphatic rings. The number of benzene rings is 1. The summed E-state index contributed by atoms with van der Waals surface area (Å²) in [7, 11) is -2.97. The zero-order valence-electron chi connectivity index (χ0n) is 11.3. The van der Waals surface area contributed by atoms with Crippen molar-refractivity contribution in [1.29, 1.82) is 0 Å². The van der Waals surface area contributed by atoms with Gasteiger partial charge in [0.05, 0.1) is 10.2 Å². The number of ether oxygens (including phenoxy) is 1. The second kappa shape index (κ2) is 7.87. The van der Waals surface area contributed by atoms with Gasteiger partial charge >= 0.3 is 0 Å². The lowest BCUT2D eigenvalue weighted by molar-refractivity contribution is 0.338. The van der Waals surface area contributed by atoms with E-state index in [9.17, 15) is 8.42 Å². The molecule has 0 atom stereocenters. The molecule has 1 rings (SSSR count). The summed E-state index contributed by atoms with van der Waals surface area (Å²) in [5.74, 6) is 0.875. The Bertz CT molecular complexity index is 503. The summed E-state index contributed by atoms with van der Waals surface area (Å²) < 4.78 is 29.0. The molecule has 108 valence electrons. The van der Waals surface area contributed by atoms with Gasteiger partial charge in [-0.2, -0.15) is 0 Å². The van der Waals surface area contributed by atoms with Crippen LogP contribution in [0.4, 0.5) is 0 Å². The molecule has 0 amide bonds. The molecule has 1 aromatic carbocycles. The third-order valence-corrected chi connectivity index (χ3v) is 4.96. The van der Waals surface area contributed by atoms with Crippen molar-refractivity contribution in [3.8, 4) is 5.75 Å². The molecule has 6 heteroatoms. The lowest BCUT2D eigenvalue weighted by Gasteiger charge is -2.10. The SMILES string of the molecule is CCNCc1ccc(OCCS(=O)(=O)CC)c(Br)c1. The first-order valence-corrected chi connectivity index (χ1v) is 8.92. The van der Waals surface area contributed by atoms with Crippen molar-refractivity contribution < 1.29 is 13.2 Å². The highest BCUT2D eigenvalue weighted by Gasteiger charge is 2.08. The molecule has 0 saturated heterocycles. The zero-order chi connectivity index (χ0) is 14.3. The van der Waals surface area contributed by atoms with E-state index in [4.69, 9.17) is 4.74 Å². The van der Waals surface area contributed by atoms with Gasteiger partial charge in [-0.1, -0.05) is 19.9 Å². The van der Waals surface area contributed by atoms with E-state index >= 15 is 0 Å². The van der Waals surface area contributed by atoms with Gasteiger partial charge in [0.15, 0.2) is 9.84 Å². The number of hydrogen-bond donors (Lipinski definition) is 1. The molecule has 0 aliphatic carbocycles. The van der Waals surface area contributed by atoms with E-state index in [-0.39, 0.29) is 18.1 Å². The van der Waals surface area contributed by atoms with Gasteiger partial charge in [0, 0.05) is 12.3 Å². The summed E-state index contributed by atoms with van der Waals surface area (Å²) in [5, 5.41) is 3.24. The van der Waals surface area contributed by atoms with Crippen LogP contribution in [0.25, 0.3) is 0 Å². The lowest BCUT2D eigenvalue weighted by Crippen LogP contribution is -2.16. The molecule has 0 saturated carbocycles. The quantitative estimate of drug-likeness (QED) is 0.782. The summed E-state index contributed by atoms with van der Waals surface area (Å²) in [6.45, 7) is 5.60. The Kier molecular flexibility index (Phi) is 6.82. The van der Waals surface area contributed by atoms with E-state index in [1.807, 2.05) is 18.2 Å². The maximum Gasteiger partial charge on any atom is 0.153 e. The average Bonchev–Trinajstić information content (AvgIpc) is 2.38. The van der Waals surface area contributed by atoms with Crippen LogP contribution >= 0.6 is 15.9 Å². The van der Waals surface area contributed by atoms with Gasteiger partial charge in [0.1, 0.15) is 12.4 Å². The Morgan fingerprint density at radius 3 is 2.63 bits per heavy atom. The van der Waals surface area contributed by atoms with Gasteiger partial charge in [0.2, 0.25) is 0 Å². The lowest BCUT2D eigenvalue weighted by atomic mass is 10.2. The first kappa shape index (κ1) is 16.5. The van der Waals surface area contributed by atoms with Gasteiger partial charge < -0.3 is 10.1 Å². The van der Waals surface area contributed by atoms with Crippen LogP contribution in [0.5, 0.6) is 5.75 Å². The van der Waals surface area contributed by atoms with E-state index in [0.717, 1.165) is 23.1 Å². The number of rotatable bonds is 8. The third kappa shape index (κ3) is 5.93. The minimum atomic E-state index is -2.97. The Morgan fingerprint density at radius 2 is 2.05 bits per heavy atom. The summed E-state index contributed by atoms with van der Waals surface area (Å²) in [6, 6.07) is 5.80. The van der Waals surface area contributed by atoms with Crippen molar-refractivity contribution in [2.24, 2.45) is 0 Å². The average molecular weight is 350 g/mol. The molecule has 4 nitrogen and oxygen atoms in total. The fraction of sp³-hybridized carbons (Fsp3) is 0.538. The smallest absolute Gasteiger partial charge is 0.153 e. The highest BCUT2D eigenvalue weighted by Crippen LogP contribution is 2.26. The van der Waals surface area contributed by atoms with Crippen molar-refractivity contribution >= 4 is 25.8 Å². The second-order valence-electron chi connectivity index (χ2n) is 4.13. The van der Waals surface area contributed by atoms with Crippen molar-refractivity contribution in [1.82, 2.24) is 5.32 Å². The van der Waals surface area contributed by atoms with E-state index < -0.39 is 9.84 Å². The van der Waals surface area contributed by atoms with E-state index in [2.05, 4.69) is 28.2 Å². The van der Waals surface area contributed by atoms with Crippen molar-refractivity contribution in [2.45, 2.75) is 20.4 Å². The minimum Gasteiger partial charge on any atom is -0.491 e. The van der Waals surface area contributed by atoms with Gasteiger partial charge in [-0.05, 0) is 40.2 Å². The molecule has 0 radical (unpaired) electrons. The number of nitrogens with one attached hydrogen (secondary N) is 1. The molecule has 0 heterocycles. The molecular weight excluding hydrogens is 330 g/mol. The highest BCUT2D eigenvalue weighted by molar-refractivity contribution is 9.10. The number of hydrogen-bond acceptors (Lipinski definition) is 4. The Labute approximate surface area is 123 Å². The monoisotopic (exact) mass is 349 g/mol. The molecule has 1 N–H and O–H groups in total. The molecule has 0 bridgehead atoms. The number of sulfone groups is 1. The fourth-order valence-electron chi connectivity index (χ4n) is 1.46. The predicted molar refractivity (Wildman–Crippen MR) is 81.3 cm³/mol. The minimum absolute atomic E-state index is 0.0507. The Balaban J connectivity index is 2.55. The normalized spacial score (nSPS) is 11.5. The van der Waals surface area contributed by atoms with E-state index in [1.165, 1.54) is 0 Å². The molecule has 1 aromatic rings. The maximum atomic E-state index is 11.3. The van der Waals surface area contributed by atoms with Crippen LogP contribution in [0.2, 0.25) is 0 Å². The van der Waals surface area contributed by atoms with Crippen LogP contribution in [0, 0.1) is 0 Å². The molecule has 0 fully saturated rings. The van der Waals surface area contributed by atoms with E-state index in [1.54, 1.807) is 6.92 Å². The van der Waals surface area contributed by atoms with Crippen molar-refractivity contribution in [3.05, 3.63) is 28.2 Å². The van der Waals surface area contributed by atoms with Gasteiger partial charge in [0.25, 0.3) is 0 Å². The number of halogens is 1. The predicted octanol–water partition coefficient (Wildman–Crippen LogP) is 2.37. The molecule has 0 spiro atoms. The van der Waals surface area contributed by atoms with Gasteiger partial charge in [-0.3, -0.25) is 0 Å². The van der Waals surface area contributed by atoms with Crippen LogP contribution < -0.4 is 10.1 Å². The topological polar surface area (TPSA) is 55.4 Å². The first-order chi connectivity index (χ1) is 8.98. The van der Waals surface area contributed by atoms with Crippen LogP contribution in [0.3, 0.4) is 0 Å². The standard InChI is InChI=1S/C13H20BrNO3S/c1-3-15-10-11-5-6-13(12(14)9-11)18-7-8-19(16,17)4-2/h5-6,9,15H,3-4,7-8,10H2,1-2H3. The summed E-state index contributed by atoms with van der Waals surface area (Å²) >= 11 is 3.43. The highest BCUT2D eigenvalue weighted by atomic mass is 79.9. The molecule has 0 aliphatic heterocycles. The largest absolute Gasteiger partial charge is 0.491 e. The van der Waals surface area contributed by atoms with Crippen LogP contribution in [0.1, 0.15) is 19.4 Å². The van der Waals surface area contributed by atoms with Crippen LogP contribution in [-0.4, -0.2) is 33.1 Å². The summed E-state index contributed by atoms with van der Waals surface area (Å²) in [6.07, 6.45) is 0. The van der Waals surface area contributed by atoms with Gasteiger partial charge in [-0.25, -0.2) is 8.42 Å². The second-order valence-corrected chi connectivity index (χ2v) is 7.46. The molecular formula is C13H20BrNO3S. The Hall–Kier alpha value is -0.590. The zero-order valence-corrected chi connectivity index (χ0v) is 13.7. The van der Waals surface area contributed by atoms with Crippen molar-refractivity contribution in [2.75, 3.05) is 24.7 Å². The third-order valence-electron chi connectivity index (χ3n) is 2.67. The Morgan fingerprint density at radius 1 is 1.32 bits per heavy atom. The molecule has 0 aromatic heterocycles.